The van der Waals surface area contributed by atoms with Crippen LogP contribution in [-0.2, 0) is 13.0 Å². The average molecular weight is 247 g/mol. The van der Waals surface area contributed by atoms with Gasteiger partial charge in [-0.1, -0.05) is 23.7 Å². The molecule has 0 spiro atoms. The van der Waals surface area contributed by atoms with Crippen LogP contribution >= 0.6 is 11.6 Å². The third kappa shape index (κ3) is 1.98. The Hall–Kier alpha value is -1.28. The topological polar surface area (TPSA) is 17.8 Å². The van der Waals surface area contributed by atoms with E-state index < -0.39 is 0 Å². The second kappa shape index (κ2) is 4.19. The largest absolute Gasteiger partial charge is 0.332 e. The maximum Gasteiger partial charge on any atom is 0.105 e. The third-order valence-corrected chi connectivity index (χ3v) is 3.88. The molecule has 3 rings (SSSR count). The maximum absolute atomic E-state index is 5.92. The first kappa shape index (κ1) is 10.8. The summed E-state index contributed by atoms with van der Waals surface area (Å²) in [6, 6.07) is 8.24. The fourth-order valence-corrected chi connectivity index (χ4v) is 2.73. The number of hydrogen-bond acceptors (Lipinski definition) is 1. The summed E-state index contributed by atoms with van der Waals surface area (Å²) in [6.07, 6.45) is 4.33. The molecule has 1 atom stereocenters. The van der Waals surface area contributed by atoms with Crippen LogP contribution in [0.5, 0.6) is 0 Å². The minimum absolute atomic E-state index is 0.590. The van der Waals surface area contributed by atoms with E-state index in [2.05, 4.69) is 28.6 Å². The van der Waals surface area contributed by atoms with E-state index in [9.17, 15) is 0 Å². The smallest absolute Gasteiger partial charge is 0.105 e. The molecule has 1 aliphatic heterocycles. The quantitative estimate of drug-likeness (QED) is 0.752. The van der Waals surface area contributed by atoms with Crippen molar-refractivity contribution in [2.24, 2.45) is 0 Å². The monoisotopic (exact) mass is 246 g/mol. The molecule has 2 heterocycles. The van der Waals surface area contributed by atoms with Crippen LogP contribution in [0.1, 0.15) is 29.4 Å². The summed E-state index contributed by atoms with van der Waals surface area (Å²) in [5, 5.41) is 0.809. The highest BCUT2D eigenvalue weighted by Gasteiger charge is 2.21. The summed E-state index contributed by atoms with van der Waals surface area (Å²) in [5.41, 5.74) is 2.75. The Morgan fingerprint density at radius 2 is 2.06 bits per heavy atom. The fourth-order valence-electron chi connectivity index (χ4n) is 2.60. The van der Waals surface area contributed by atoms with Gasteiger partial charge in [-0.05, 0) is 37.5 Å². The molecule has 0 aliphatic carbocycles. The first-order valence-electron chi connectivity index (χ1n) is 6.00. The number of aryl methyl sites for hydroxylation is 2. The Balaban J connectivity index is 1.88. The Bertz CT molecular complexity index is 528. The lowest BCUT2D eigenvalue weighted by atomic mass is 9.91. The van der Waals surface area contributed by atoms with Gasteiger partial charge in [0.1, 0.15) is 5.82 Å². The van der Waals surface area contributed by atoms with Gasteiger partial charge in [-0.2, -0.15) is 0 Å². The van der Waals surface area contributed by atoms with Crippen molar-refractivity contribution in [2.45, 2.75) is 32.2 Å². The summed E-state index contributed by atoms with van der Waals surface area (Å²) in [5.74, 6) is 1.71. The van der Waals surface area contributed by atoms with Gasteiger partial charge < -0.3 is 4.57 Å². The standard InChI is InChI=1S/C14H15ClN2/c1-10-16-8-14-7-4-12(9-17(10)14)11-2-5-13(15)6-3-11/h2-3,5-6,8,12H,4,7,9H2,1H3. The van der Waals surface area contributed by atoms with E-state index in [1.165, 1.54) is 17.7 Å². The number of imidazole rings is 1. The molecular weight excluding hydrogens is 232 g/mol. The lowest BCUT2D eigenvalue weighted by molar-refractivity contribution is 0.456. The molecule has 0 bridgehead atoms. The Labute approximate surface area is 106 Å². The lowest BCUT2D eigenvalue weighted by Crippen LogP contribution is -2.19. The van der Waals surface area contributed by atoms with E-state index in [1.54, 1.807) is 0 Å². The lowest BCUT2D eigenvalue weighted by Gasteiger charge is -2.25. The highest BCUT2D eigenvalue weighted by molar-refractivity contribution is 6.30. The summed E-state index contributed by atoms with van der Waals surface area (Å²) in [6.45, 7) is 3.12. The Kier molecular flexibility index (Phi) is 2.67. The third-order valence-electron chi connectivity index (χ3n) is 3.63. The van der Waals surface area contributed by atoms with Crippen LogP contribution in [0.3, 0.4) is 0 Å². The molecule has 1 unspecified atom stereocenters. The van der Waals surface area contributed by atoms with E-state index in [0.29, 0.717) is 5.92 Å². The average Bonchev–Trinajstić information content (AvgIpc) is 2.72. The zero-order chi connectivity index (χ0) is 11.8. The molecule has 17 heavy (non-hydrogen) atoms. The number of nitrogens with zero attached hydrogens (tertiary/aromatic N) is 2. The molecule has 0 N–H and O–H groups in total. The minimum Gasteiger partial charge on any atom is -0.332 e. The van der Waals surface area contributed by atoms with Gasteiger partial charge in [0, 0.05) is 29.4 Å². The van der Waals surface area contributed by atoms with Crippen LogP contribution < -0.4 is 0 Å². The number of hydrogen-bond donors (Lipinski definition) is 0. The molecule has 88 valence electrons. The summed E-state index contributed by atoms with van der Waals surface area (Å²) < 4.78 is 2.34. The van der Waals surface area contributed by atoms with Crippen LogP contribution in [0, 0.1) is 6.92 Å². The van der Waals surface area contributed by atoms with Crippen LogP contribution in [0.2, 0.25) is 5.02 Å². The highest BCUT2D eigenvalue weighted by atomic mass is 35.5. The molecule has 2 aromatic rings. The molecule has 1 aromatic carbocycles. The van der Waals surface area contributed by atoms with Crippen molar-refractivity contribution in [3.05, 3.63) is 52.6 Å². The van der Waals surface area contributed by atoms with Gasteiger partial charge in [0.15, 0.2) is 0 Å². The van der Waals surface area contributed by atoms with Crippen molar-refractivity contribution in [3.63, 3.8) is 0 Å². The summed E-state index contributed by atoms with van der Waals surface area (Å²) in [7, 11) is 0. The molecule has 1 aromatic heterocycles. The van der Waals surface area contributed by atoms with Crippen LogP contribution in [0.25, 0.3) is 0 Å². The van der Waals surface area contributed by atoms with Crippen molar-refractivity contribution >= 4 is 11.6 Å². The van der Waals surface area contributed by atoms with Gasteiger partial charge in [0.05, 0.1) is 0 Å². The molecule has 0 saturated carbocycles. The molecule has 0 saturated heterocycles. The van der Waals surface area contributed by atoms with Gasteiger partial charge in [0.2, 0.25) is 0 Å². The molecular formula is C14H15ClN2. The Morgan fingerprint density at radius 1 is 1.29 bits per heavy atom. The number of aromatic nitrogens is 2. The van der Waals surface area contributed by atoms with Crippen molar-refractivity contribution in [1.29, 1.82) is 0 Å². The second-order valence-corrected chi connectivity index (χ2v) is 5.13. The summed E-state index contributed by atoms with van der Waals surface area (Å²) >= 11 is 5.92. The maximum atomic E-state index is 5.92. The second-order valence-electron chi connectivity index (χ2n) is 4.69. The molecule has 0 amide bonds. The zero-order valence-electron chi connectivity index (χ0n) is 9.86. The van der Waals surface area contributed by atoms with E-state index in [4.69, 9.17) is 11.6 Å². The van der Waals surface area contributed by atoms with Gasteiger partial charge >= 0.3 is 0 Å². The molecule has 2 nitrogen and oxygen atoms in total. The van der Waals surface area contributed by atoms with E-state index in [1.807, 2.05) is 18.3 Å². The first-order chi connectivity index (χ1) is 8.24. The zero-order valence-corrected chi connectivity index (χ0v) is 10.6. The number of fused-ring (bicyclic) bond motifs is 1. The van der Waals surface area contributed by atoms with Gasteiger partial charge in [-0.3, -0.25) is 0 Å². The van der Waals surface area contributed by atoms with Crippen molar-refractivity contribution in [3.8, 4) is 0 Å². The molecule has 0 radical (unpaired) electrons. The van der Waals surface area contributed by atoms with Crippen LogP contribution in [0.15, 0.2) is 30.5 Å². The van der Waals surface area contributed by atoms with E-state index in [-0.39, 0.29) is 0 Å². The normalized spacial score (nSPS) is 19.1. The molecule has 0 fully saturated rings. The number of benzene rings is 1. The van der Waals surface area contributed by atoms with Crippen LogP contribution in [-0.4, -0.2) is 9.55 Å². The van der Waals surface area contributed by atoms with Crippen molar-refractivity contribution in [2.75, 3.05) is 0 Å². The number of rotatable bonds is 1. The molecule has 1 aliphatic rings. The molecule has 3 heteroatoms. The predicted octanol–water partition coefficient (Wildman–Crippen LogP) is 3.57. The van der Waals surface area contributed by atoms with Crippen molar-refractivity contribution in [1.82, 2.24) is 9.55 Å². The van der Waals surface area contributed by atoms with E-state index >= 15 is 0 Å². The SMILES string of the molecule is Cc1ncc2n1CC(c1ccc(Cl)cc1)CC2. The fraction of sp³-hybridized carbons (Fsp3) is 0.357. The summed E-state index contributed by atoms with van der Waals surface area (Å²) in [4.78, 5) is 4.38. The highest BCUT2D eigenvalue weighted by Crippen LogP contribution is 2.30. The van der Waals surface area contributed by atoms with Gasteiger partial charge in [-0.25, -0.2) is 4.98 Å². The van der Waals surface area contributed by atoms with Gasteiger partial charge in [0.25, 0.3) is 0 Å². The minimum atomic E-state index is 0.590. The number of halogens is 1. The van der Waals surface area contributed by atoms with E-state index in [0.717, 1.165) is 23.8 Å². The van der Waals surface area contributed by atoms with Crippen LogP contribution in [0.4, 0.5) is 0 Å². The predicted molar refractivity (Wildman–Crippen MR) is 69.5 cm³/mol. The first-order valence-corrected chi connectivity index (χ1v) is 6.38. The van der Waals surface area contributed by atoms with Gasteiger partial charge in [-0.15, -0.1) is 0 Å². The van der Waals surface area contributed by atoms with Crippen molar-refractivity contribution < 1.29 is 0 Å². The Morgan fingerprint density at radius 3 is 2.82 bits per heavy atom.